The van der Waals surface area contributed by atoms with E-state index in [-0.39, 0.29) is 24.1 Å². The molecule has 1 aromatic carbocycles. The van der Waals surface area contributed by atoms with Gasteiger partial charge >= 0.3 is 0 Å². The molecule has 1 aromatic rings. The average Bonchev–Trinajstić information content (AvgIpc) is 2.29. The van der Waals surface area contributed by atoms with Crippen molar-refractivity contribution in [1.29, 1.82) is 0 Å². The molecule has 1 unspecified atom stereocenters. The first-order valence-corrected chi connectivity index (χ1v) is 5.47. The van der Waals surface area contributed by atoms with Crippen molar-refractivity contribution in [2.75, 3.05) is 5.32 Å². The second-order valence-corrected chi connectivity index (χ2v) is 3.99. The average molecular weight is 254 g/mol. The molecule has 0 bridgehead atoms. The maximum Gasteiger partial charge on any atom is 0.248 e. The van der Waals surface area contributed by atoms with E-state index in [2.05, 4.69) is 5.32 Å². The Bertz CT molecular complexity index is 461. The van der Waals surface area contributed by atoms with Gasteiger partial charge in [-0.2, -0.15) is 0 Å². The number of aliphatic hydroxyl groups excluding tert-OH is 1. The smallest absolute Gasteiger partial charge is 0.248 e. The van der Waals surface area contributed by atoms with Crippen LogP contribution in [0, 0.1) is 5.82 Å². The molecule has 4 N–H and O–H groups in total. The molecule has 0 saturated carbocycles. The van der Waals surface area contributed by atoms with Gasteiger partial charge in [0.2, 0.25) is 11.8 Å². The van der Waals surface area contributed by atoms with E-state index < -0.39 is 23.7 Å². The maximum atomic E-state index is 13.4. The highest BCUT2D eigenvalue weighted by atomic mass is 19.1. The summed E-state index contributed by atoms with van der Waals surface area (Å²) in [6, 6.07) is 3.48. The molecule has 6 heteroatoms. The molecule has 98 valence electrons. The number of carbonyl (C=O) groups is 2. The number of carbonyl (C=O) groups excluding carboxylic acids is 2. The second-order valence-electron chi connectivity index (χ2n) is 3.99. The summed E-state index contributed by atoms with van der Waals surface area (Å²) in [5.41, 5.74) is 5.07. The van der Waals surface area contributed by atoms with Crippen LogP contribution >= 0.6 is 0 Å². The van der Waals surface area contributed by atoms with Crippen molar-refractivity contribution in [2.45, 2.75) is 25.9 Å². The Morgan fingerprint density at radius 3 is 2.72 bits per heavy atom. The Balaban J connectivity index is 2.74. The van der Waals surface area contributed by atoms with Gasteiger partial charge in [0.15, 0.2) is 0 Å². The summed E-state index contributed by atoms with van der Waals surface area (Å²) in [6.07, 6.45) is -0.251. The molecular weight excluding hydrogens is 239 g/mol. The minimum Gasteiger partial charge on any atom is -0.393 e. The lowest BCUT2D eigenvalue weighted by atomic mass is 10.1. The molecule has 0 fully saturated rings. The van der Waals surface area contributed by atoms with E-state index in [1.165, 1.54) is 12.1 Å². The van der Waals surface area contributed by atoms with Crippen molar-refractivity contribution < 1.29 is 19.1 Å². The van der Waals surface area contributed by atoms with Gasteiger partial charge in [0.05, 0.1) is 11.8 Å². The summed E-state index contributed by atoms with van der Waals surface area (Å²) >= 11 is 0. The third-order valence-electron chi connectivity index (χ3n) is 2.31. The lowest BCUT2D eigenvalue weighted by molar-refractivity contribution is -0.116. The van der Waals surface area contributed by atoms with Gasteiger partial charge in [-0.15, -0.1) is 0 Å². The summed E-state index contributed by atoms with van der Waals surface area (Å²) in [5, 5.41) is 11.4. The number of amides is 2. The number of primary amides is 1. The van der Waals surface area contributed by atoms with Crippen LogP contribution in [0.4, 0.5) is 10.1 Å². The minimum absolute atomic E-state index is 0.0674. The summed E-state index contributed by atoms with van der Waals surface area (Å²) < 4.78 is 13.4. The standard InChI is InChI=1S/C12H15FN2O3/c1-7(16)2-5-11(17)15-10-6-8(12(14)18)3-4-9(10)13/h3-4,6-7,16H,2,5H2,1H3,(H2,14,18)(H,15,17). The van der Waals surface area contributed by atoms with Crippen molar-refractivity contribution in [1.82, 2.24) is 0 Å². The molecule has 0 aliphatic heterocycles. The third-order valence-corrected chi connectivity index (χ3v) is 2.31. The molecule has 0 radical (unpaired) electrons. The van der Waals surface area contributed by atoms with Gasteiger partial charge in [-0.05, 0) is 31.5 Å². The topological polar surface area (TPSA) is 92.4 Å². The molecule has 5 nitrogen and oxygen atoms in total. The van der Waals surface area contributed by atoms with Crippen LogP contribution in [0.3, 0.4) is 0 Å². The van der Waals surface area contributed by atoms with Crippen molar-refractivity contribution in [3.05, 3.63) is 29.6 Å². The number of aliphatic hydroxyl groups is 1. The van der Waals surface area contributed by atoms with Crippen LogP contribution in [0.2, 0.25) is 0 Å². The van der Waals surface area contributed by atoms with Gasteiger partial charge in [0.25, 0.3) is 0 Å². The molecule has 0 aliphatic rings. The van der Waals surface area contributed by atoms with Crippen LogP contribution in [0.5, 0.6) is 0 Å². The first-order valence-electron chi connectivity index (χ1n) is 5.47. The first kappa shape index (κ1) is 14.1. The largest absolute Gasteiger partial charge is 0.393 e. The Labute approximate surface area is 104 Å². The Morgan fingerprint density at radius 2 is 2.17 bits per heavy atom. The summed E-state index contributed by atoms with van der Waals surface area (Å²) in [4.78, 5) is 22.4. The SMILES string of the molecule is CC(O)CCC(=O)Nc1cc(C(N)=O)ccc1F. The molecular formula is C12H15FN2O3. The quantitative estimate of drug-likeness (QED) is 0.732. The van der Waals surface area contributed by atoms with Crippen molar-refractivity contribution in [2.24, 2.45) is 5.73 Å². The van der Waals surface area contributed by atoms with E-state index in [0.29, 0.717) is 0 Å². The highest BCUT2D eigenvalue weighted by Gasteiger charge is 2.10. The minimum atomic E-state index is -0.700. The maximum absolute atomic E-state index is 13.4. The molecule has 0 aliphatic carbocycles. The van der Waals surface area contributed by atoms with Crippen LogP contribution in [0.15, 0.2) is 18.2 Å². The van der Waals surface area contributed by atoms with Crippen LogP contribution in [0.1, 0.15) is 30.1 Å². The van der Waals surface area contributed by atoms with Crippen LogP contribution < -0.4 is 11.1 Å². The van der Waals surface area contributed by atoms with Crippen LogP contribution in [-0.4, -0.2) is 23.0 Å². The zero-order valence-corrected chi connectivity index (χ0v) is 9.94. The van der Waals surface area contributed by atoms with Gasteiger partial charge in [-0.1, -0.05) is 0 Å². The molecule has 1 atom stereocenters. The predicted molar refractivity (Wildman–Crippen MR) is 64.5 cm³/mol. The Hall–Kier alpha value is -1.95. The molecule has 0 aromatic heterocycles. The van der Waals surface area contributed by atoms with E-state index in [4.69, 9.17) is 10.8 Å². The van der Waals surface area contributed by atoms with E-state index in [1.54, 1.807) is 6.92 Å². The predicted octanol–water partition coefficient (Wildman–Crippen LogP) is 1.02. The first-order chi connectivity index (χ1) is 8.40. The summed E-state index contributed by atoms with van der Waals surface area (Å²) in [5.74, 6) is -1.78. The lowest BCUT2D eigenvalue weighted by Crippen LogP contribution is -2.16. The molecule has 2 amide bonds. The fourth-order valence-corrected chi connectivity index (χ4v) is 1.33. The van der Waals surface area contributed by atoms with Crippen molar-refractivity contribution >= 4 is 17.5 Å². The Morgan fingerprint density at radius 1 is 1.50 bits per heavy atom. The highest BCUT2D eigenvalue weighted by molar-refractivity contribution is 5.96. The van der Waals surface area contributed by atoms with Crippen LogP contribution in [-0.2, 0) is 4.79 Å². The monoisotopic (exact) mass is 254 g/mol. The zero-order chi connectivity index (χ0) is 13.7. The summed E-state index contributed by atoms with van der Waals surface area (Å²) in [7, 11) is 0. The normalized spacial score (nSPS) is 11.9. The van der Waals surface area contributed by atoms with Crippen molar-refractivity contribution in [3.8, 4) is 0 Å². The molecule has 1 rings (SSSR count). The highest BCUT2D eigenvalue weighted by Crippen LogP contribution is 2.16. The zero-order valence-electron chi connectivity index (χ0n) is 9.94. The molecule has 0 saturated heterocycles. The number of rotatable bonds is 5. The van der Waals surface area contributed by atoms with E-state index in [0.717, 1.165) is 6.07 Å². The Kier molecular flexibility index (Phi) is 4.79. The van der Waals surface area contributed by atoms with Gasteiger partial charge in [0.1, 0.15) is 5.82 Å². The number of halogens is 1. The van der Waals surface area contributed by atoms with Crippen LogP contribution in [0.25, 0.3) is 0 Å². The number of hydrogen-bond acceptors (Lipinski definition) is 3. The molecule has 0 heterocycles. The van der Waals surface area contributed by atoms with Gasteiger partial charge < -0.3 is 16.2 Å². The van der Waals surface area contributed by atoms with Gasteiger partial charge in [0, 0.05) is 12.0 Å². The fraction of sp³-hybridized carbons (Fsp3) is 0.333. The number of nitrogens with two attached hydrogens (primary N) is 1. The van der Waals surface area contributed by atoms with Gasteiger partial charge in [-0.25, -0.2) is 4.39 Å². The van der Waals surface area contributed by atoms with Gasteiger partial charge in [-0.3, -0.25) is 9.59 Å². The lowest BCUT2D eigenvalue weighted by Gasteiger charge is -2.08. The number of nitrogens with one attached hydrogen (secondary N) is 1. The van der Waals surface area contributed by atoms with E-state index >= 15 is 0 Å². The third kappa shape index (κ3) is 4.14. The number of hydrogen-bond donors (Lipinski definition) is 3. The van der Waals surface area contributed by atoms with E-state index in [1.807, 2.05) is 0 Å². The van der Waals surface area contributed by atoms with E-state index in [9.17, 15) is 14.0 Å². The fourth-order valence-electron chi connectivity index (χ4n) is 1.33. The number of anilines is 1. The molecule has 0 spiro atoms. The van der Waals surface area contributed by atoms with Crippen molar-refractivity contribution in [3.63, 3.8) is 0 Å². The molecule has 18 heavy (non-hydrogen) atoms. The summed E-state index contributed by atoms with van der Waals surface area (Å²) in [6.45, 7) is 1.56. The number of benzene rings is 1. The second kappa shape index (κ2) is 6.11.